The molecule has 0 atom stereocenters. The van der Waals surface area contributed by atoms with Gasteiger partial charge in [0.15, 0.2) is 0 Å². The van der Waals surface area contributed by atoms with Gasteiger partial charge in [0.05, 0.1) is 0 Å². The van der Waals surface area contributed by atoms with Gasteiger partial charge in [-0.3, -0.25) is 0 Å². The third kappa shape index (κ3) is 3.22. The number of hydrogen-bond donors (Lipinski definition) is 1. The molecule has 2 nitrogen and oxygen atoms in total. The molecule has 0 aromatic heterocycles. The molecule has 0 unspecified atom stereocenters. The van der Waals surface area contributed by atoms with Crippen LogP contribution >= 0.6 is 0 Å². The van der Waals surface area contributed by atoms with Crippen LogP contribution in [0.15, 0.2) is 0 Å². The van der Waals surface area contributed by atoms with Crippen LogP contribution in [0.25, 0.3) is 0 Å². The zero-order chi connectivity index (χ0) is 14.1. The van der Waals surface area contributed by atoms with E-state index >= 15 is 0 Å². The zero-order valence-corrected chi connectivity index (χ0v) is 13.7. The summed E-state index contributed by atoms with van der Waals surface area (Å²) in [7, 11) is 0. The second-order valence-electron chi connectivity index (χ2n) is 8.03. The molecule has 1 aliphatic heterocycles. The largest absolute Gasteiger partial charge is 0.313 e. The summed E-state index contributed by atoms with van der Waals surface area (Å²) in [5.74, 6) is 0. The molecule has 0 radical (unpaired) electrons. The van der Waals surface area contributed by atoms with E-state index in [1.165, 1.54) is 84.0 Å². The van der Waals surface area contributed by atoms with Crippen LogP contribution in [-0.4, -0.2) is 37.1 Å². The molecule has 0 amide bonds. The van der Waals surface area contributed by atoms with Crippen LogP contribution in [0.3, 0.4) is 0 Å². The first-order chi connectivity index (χ1) is 9.69. The molecular weight excluding hydrogens is 244 g/mol. The summed E-state index contributed by atoms with van der Waals surface area (Å²) in [5, 5.41) is 3.84. The Labute approximate surface area is 125 Å². The molecule has 0 aromatic rings. The molecule has 0 spiro atoms. The van der Waals surface area contributed by atoms with Crippen molar-refractivity contribution in [3.8, 4) is 0 Å². The van der Waals surface area contributed by atoms with Crippen molar-refractivity contribution in [2.45, 2.75) is 77.7 Å². The predicted octanol–water partition coefficient (Wildman–Crippen LogP) is 3.81. The van der Waals surface area contributed by atoms with Gasteiger partial charge in [-0.15, -0.1) is 0 Å². The average molecular weight is 278 g/mol. The lowest BCUT2D eigenvalue weighted by molar-refractivity contribution is 0.152. The van der Waals surface area contributed by atoms with Crippen LogP contribution in [0.2, 0.25) is 0 Å². The summed E-state index contributed by atoms with van der Waals surface area (Å²) in [5.41, 5.74) is 1.25. The van der Waals surface area contributed by atoms with Gasteiger partial charge in [-0.2, -0.15) is 0 Å². The van der Waals surface area contributed by atoms with E-state index < -0.39 is 0 Å². The SMILES string of the molecule is CCC1(CC)CCN(CC2(CNC3CC3)CCCC2)C1. The van der Waals surface area contributed by atoms with Crippen molar-refractivity contribution in [2.24, 2.45) is 10.8 Å². The molecule has 1 saturated heterocycles. The Morgan fingerprint density at radius 1 is 1.00 bits per heavy atom. The molecular formula is C18H34N2. The van der Waals surface area contributed by atoms with Crippen molar-refractivity contribution >= 4 is 0 Å². The first-order valence-electron chi connectivity index (χ1n) is 9.15. The highest BCUT2D eigenvalue weighted by molar-refractivity contribution is 4.96. The van der Waals surface area contributed by atoms with E-state index in [1.807, 2.05) is 0 Å². The lowest BCUT2D eigenvalue weighted by atomic mass is 9.81. The van der Waals surface area contributed by atoms with Crippen LogP contribution in [0.1, 0.15) is 71.6 Å². The van der Waals surface area contributed by atoms with Crippen molar-refractivity contribution in [3.63, 3.8) is 0 Å². The van der Waals surface area contributed by atoms with E-state index in [0.717, 1.165) is 6.04 Å². The van der Waals surface area contributed by atoms with E-state index in [2.05, 4.69) is 24.1 Å². The van der Waals surface area contributed by atoms with Crippen molar-refractivity contribution in [2.75, 3.05) is 26.2 Å². The van der Waals surface area contributed by atoms with Crippen molar-refractivity contribution < 1.29 is 0 Å². The van der Waals surface area contributed by atoms with Crippen LogP contribution in [-0.2, 0) is 0 Å². The second kappa shape index (κ2) is 5.96. The first-order valence-corrected chi connectivity index (χ1v) is 9.15. The Kier molecular flexibility index (Phi) is 4.42. The number of likely N-dealkylation sites (tertiary alicyclic amines) is 1. The lowest BCUT2D eigenvalue weighted by Crippen LogP contribution is -2.43. The minimum absolute atomic E-state index is 0.611. The van der Waals surface area contributed by atoms with Gasteiger partial charge in [0.1, 0.15) is 0 Å². The van der Waals surface area contributed by atoms with Gasteiger partial charge >= 0.3 is 0 Å². The van der Waals surface area contributed by atoms with Gasteiger partial charge in [0, 0.05) is 25.7 Å². The highest BCUT2D eigenvalue weighted by Crippen LogP contribution is 2.43. The molecule has 0 aromatic carbocycles. The maximum absolute atomic E-state index is 3.84. The van der Waals surface area contributed by atoms with Crippen molar-refractivity contribution in [1.29, 1.82) is 0 Å². The van der Waals surface area contributed by atoms with Crippen LogP contribution in [0, 0.1) is 10.8 Å². The molecule has 3 aliphatic rings. The Morgan fingerprint density at radius 2 is 1.70 bits per heavy atom. The van der Waals surface area contributed by atoms with E-state index in [-0.39, 0.29) is 0 Å². The van der Waals surface area contributed by atoms with Crippen LogP contribution < -0.4 is 5.32 Å². The third-order valence-electron chi connectivity index (χ3n) is 6.58. The molecule has 20 heavy (non-hydrogen) atoms. The smallest absolute Gasteiger partial charge is 0.00684 e. The molecule has 3 rings (SSSR count). The van der Waals surface area contributed by atoms with Gasteiger partial charge in [-0.1, -0.05) is 26.7 Å². The summed E-state index contributed by atoms with van der Waals surface area (Å²) < 4.78 is 0. The number of nitrogens with one attached hydrogen (secondary N) is 1. The normalized spacial score (nSPS) is 29.1. The molecule has 116 valence electrons. The Bertz CT molecular complexity index is 311. The molecule has 2 saturated carbocycles. The summed E-state index contributed by atoms with van der Waals surface area (Å²) in [6.07, 6.45) is 12.9. The summed E-state index contributed by atoms with van der Waals surface area (Å²) >= 11 is 0. The van der Waals surface area contributed by atoms with E-state index in [1.54, 1.807) is 0 Å². The predicted molar refractivity (Wildman–Crippen MR) is 86.0 cm³/mol. The van der Waals surface area contributed by atoms with E-state index in [0.29, 0.717) is 10.8 Å². The standard InChI is InChI=1S/C18H34N2/c1-3-17(4-2)11-12-20(14-17)15-18(9-5-6-10-18)13-19-16-7-8-16/h16,19H,3-15H2,1-2H3. The fraction of sp³-hybridized carbons (Fsp3) is 1.00. The zero-order valence-electron chi connectivity index (χ0n) is 13.7. The van der Waals surface area contributed by atoms with E-state index in [4.69, 9.17) is 0 Å². The topological polar surface area (TPSA) is 15.3 Å². The van der Waals surface area contributed by atoms with Gasteiger partial charge in [-0.25, -0.2) is 0 Å². The average Bonchev–Trinajstić information content (AvgIpc) is 3.05. The highest BCUT2D eigenvalue weighted by Gasteiger charge is 2.41. The Morgan fingerprint density at radius 3 is 2.25 bits per heavy atom. The fourth-order valence-electron chi connectivity index (χ4n) is 4.63. The van der Waals surface area contributed by atoms with Gasteiger partial charge < -0.3 is 10.2 Å². The fourth-order valence-corrected chi connectivity index (χ4v) is 4.63. The maximum Gasteiger partial charge on any atom is 0.00684 e. The number of hydrogen-bond acceptors (Lipinski definition) is 2. The monoisotopic (exact) mass is 278 g/mol. The lowest BCUT2D eigenvalue weighted by Gasteiger charge is -2.35. The summed E-state index contributed by atoms with van der Waals surface area (Å²) in [6.45, 7) is 10.2. The summed E-state index contributed by atoms with van der Waals surface area (Å²) in [4.78, 5) is 2.81. The number of nitrogens with zero attached hydrogens (tertiary/aromatic N) is 1. The minimum Gasteiger partial charge on any atom is -0.313 e. The molecule has 1 heterocycles. The minimum atomic E-state index is 0.611. The summed E-state index contributed by atoms with van der Waals surface area (Å²) in [6, 6.07) is 0.872. The van der Waals surface area contributed by atoms with Gasteiger partial charge in [-0.05, 0) is 62.3 Å². The Balaban J connectivity index is 1.56. The quantitative estimate of drug-likeness (QED) is 0.762. The van der Waals surface area contributed by atoms with Gasteiger partial charge in [0.25, 0.3) is 0 Å². The van der Waals surface area contributed by atoms with Crippen LogP contribution in [0.5, 0.6) is 0 Å². The molecule has 1 N–H and O–H groups in total. The second-order valence-corrected chi connectivity index (χ2v) is 8.03. The third-order valence-corrected chi connectivity index (χ3v) is 6.58. The van der Waals surface area contributed by atoms with Gasteiger partial charge in [0.2, 0.25) is 0 Å². The van der Waals surface area contributed by atoms with Crippen molar-refractivity contribution in [3.05, 3.63) is 0 Å². The van der Waals surface area contributed by atoms with Crippen LogP contribution in [0.4, 0.5) is 0 Å². The Hall–Kier alpha value is -0.0800. The number of rotatable bonds is 7. The first kappa shape index (κ1) is 14.8. The molecule has 2 heteroatoms. The maximum atomic E-state index is 3.84. The molecule has 0 bridgehead atoms. The van der Waals surface area contributed by atoms with E-state index in [9.17, 15) is 0 Å². The molecule has 3 fully saturated rings. The molecule has 2 aliphatic carbocycles. The van der Waals surface area contributed by atoms with Crippen molar-refractivity contribution in [1.82, 2.24) is 10.2 Å². The highest BCUT2D eigenvalue weighted by atomic mass is 15.2.